The number of hydrogen-bond acceptors (Lipinski definition) is 3. The van der Waals surface area contributed by atoms with Crippen LogP contribution in [0.4, 0.5) is 4.79 Å². The lowest BCUT2D eigenvalue weighted by Crippen LogP contribution is -2.45. The van der Waals surface area contributed by atoms with E-state index in [-0.39, 0.29) is 24.4 Å². The largest absolute Gasteiger partial charge is 0.352 e. The molecule has 27 heavy (non-hydrogen) atoms. The fraction of sp³-hybridized carbons (Fsp3) is 0.571. The van der Waals surface area contributed by atoms with E-state index in [1.807, 2.05) is 31.2 Å². The average molecular weight is 371 g/mol. The van der Waals surface area contributed by atoms with Crippen LogP contribution in [-0.4, -0.2) is 35.3 Å². The molecule has 4 amide bonds. The van der Waals surface area contributed by atoms with Crippen LogP contribution < -0.4 is 10.6 Å². The van der Waals surface area contributed by atoms with E-state index in [4.69, 9.17) is 0 Å². The summed E-state index contributed by atoms with van der Waals surface area (Å²) in [7, 11) is 0. The second-order valence-electron chi connectivity index (χ2n) is 7.92. The van der Waals surface area contributed by atoms with Crippen LogP contribution in [-0.2, 0) is 15.1 Å². The van der Waals surface area contributed by atoms with Crippen LogP contribution in [0.25, 0.3) is 0 Å². The maximum atomic E-state index is 12.9. The molecule has 1 aliphatic carbocycles. The van der Waals surface area contributed by atoms with E-state index in [0.717, 1.165) is 41.7 Å². The lowest BCUT2D eigenvalue weighted by atomic mass is 9.91. The molecule has 1 aliphatic heterocycles. The van der Waals surface area contributed by atoms with Gasteiger partial charge in [-0.25, -0.2) is 4.79 Å². The third-order valence-electron chi connectivity index (χ3n) is 5.68. The van der Waals surface area contributed by atoms with Gasteiger partial charge in [0.15, 0.2) is 0 Å². The maximum Gasteiger partial charge on any atom is 0.325 e. The molecule has 2 aliphatic rings. The van der Waals surface area contributed by atoms with Gasteiger partial charge in [0, 0.05) is 6.04 Å². The Morgan fingerprint density at radius 2 is 1.70 bits per heavy atom. The number of hydrogen-bond donors (Lipinski definition) is 2. The summed E-state index contributed by atoms with van der Waals surface area (Å²) in [5.74, 6) is -0.651. The van der Waals surface area contributed by atoms with E-state index in [1.165, 1.54) is 19.3 Å². The number of nitrogens with one attached hydrogen (secondary N) is 2. The van der Waals surface area contributed by atoms with Crippen LogP contribution in [0.3, 0.4) is 0 Å². The molecule has 146 valence electrons. The SMILES string of the molecule is Cc1ccc([C@@]2(C)NC(=O)N(CC(=O)NC3CCCCCCC3)C2=O)cc1. The molecular formula is C21H29N3O3. The number of rotatable bonds is 4. The monoisotopic (exact) mass is 371 g/mol. The molecule has 1 aromatic carbocycles. The van der Waals surface area contributed by atoms with Crippen molar-refractivity contribution in [3.8, 4) is 0 Å². The predicted molar refractivity (Wildman–Crippen MR) is 103 cm³/mol. The van der Waals surface area contributed by atoms with Crippen molar-refractivity contribution in [1.29, 1.82) is 0 Å². The molecule has 2 fully saturated rings. The van der Waals surface area contributed by atoms with Crippen molar-refractivity contribution in [2.24, 2.45) is 0 Å². The first-order valence-corrected chi connectivity index (χ1v) is 9.91. The van der Waals surface area contributed by atoms with Gasteiger partial charge in [-0.1, -0.05) is 61.9 Å². The highest BCUT2D eigenvalue weighted by atomic mass is 16.2. The smallest absolute Gasteiger partial charge is 0.325 e. The van der Waals surface area contributed by atoms with Gasteiger partial charge in [0.1, 0.15) is 12.1 Å². The minimum atomic E-state index is -1.13. The summed E-state index contributed by atoms with van der Waals surface area (Å²) in [6, 6.07) is 7.11. The Kier molecular flexibility index (Phi) is 5.82. The minimum Gasteiger partial charge on any atom is -0.352 e. The van der Waals surface area contributed by atoms with Crippen molar-refractivity contribution in [3.05, 3.63) is 35.4 Å². The van der Waals surface area contributed by atoms with Crippen LogP contribution in [0, 0.1) is 6.92 Å². The molecule has 1 saturated carbocycles. The highest BCUT2D eigenvalue weighted by molar-refractivity contribution is 6.09. The zero-order chi connectivity index (χ0) is 19.4. The second kappa shape index (κ2) is 8.11. The van der Waals surface area contributed by atoms with Gasteiger partial charge in [0.2, 0.25) is 5.91 Å². The molecule has 2 N–H and O–H groups in total. The van der Waals surface area contributed by atoms with Crippen molar-refractivity contribution >= 4 is 17.8 Å². The molecule has 6 nitrogen and oxygen atoms in total. The van der Waals surface area contributed by atoms with Gasteiger partial charge in [-0.05, 0) is 32.3 Å². The Balaban J connectivity index is 1.64. The number of imide groups is 1. The first kappa shape index (κ1) is 19.4. The number of carbonyl (C=O) groups is 3. The van der Waals surface area contributed by atoms with Gasteiger partial charge in [0.25, 0.3) is 5.91 Å². The van der Waals surface area contributed by atoms with Crippen molar-refractivity contribution in [2.45, 2.75) is 70.4 Å². The van der Waals surface area contributed by atoms with E-state index in [9.17, 15) is 14.4 Å². The average Bonchev–Trinajstić information content (AvgIpc) is 2.82. The lowest BCUT2D eigenvalue weighted by molar-refractivity contribution is -0.135. The third-order valence-corrected chi connectivity index (χ3v) is 5.68. The minimum absolute atomic E-state index is 0.141. The maximum absolute atomic E-state index is 12.9. The molecule has 1 heterocycles. The molecule has 0 bridgehead atoms. The molecule has 0 radical (unpaired) electrons. The van der Waals surface area contributed by atoms with Crippen molar-refractivity contribution in [1.82, 2.24) is 15.5 Å². The van der Waals surface area contributed by atoms with Gasteiger partial charge in [-0.2, -0.15) is 0 Å². The molecular weight excluding hydrogens is 342 g/mol. The summed E-state index contributed by atoms with van der Waals surface area (Å²) >= 11 is 0. The first-order chi connectivity index (χ1) is 12.9. The van der Waals surface area contributed by atoms with E-state index < -0.39 is 11.6 Å². The van der Waals surface area contributed by atoms with E-state index in [0.29, 0.717) is 0 Å². The van der Waals surface area contributed by atoms with Gasteiger partial charge >= 0.3 is 6.03 Å². The zero-order valence-corrected chi connectivity index (χ0v) is 16.2. The van der Waals surface area contributed by atoms with E-state index in [1.54, 1.807) is 6.92 Å². The quantitative estimate of drug-likeness (QED) is 0.799. The van der Waals surface area contributed by atoms with Gasteiger partial charge in [-0.15, -0.1) is 0 Å². The summed E-state index contributed by atoms with van der Waals surface area (Å²) in [6.45, 7) is 3.42. The van der Waals surface area contributed by atoms with Crippen molar-refractivity contribution < 1.29 is 14.4 Å². The second-order valence-corrected chi connectivity index (χ2v) is 7.92. The summed E-state index contributed by atoms with van der Waals surface area (Å²) in [4.78, 5) is 38.8. The van der Waals surface area contributed by atoms with Gasteiger partial charge in [-0.3, -0.25) is 14.5 Å². The molecule has 3 rings (SSSR count). The number of aryl methyl sites for hydroxylation is 1. The van der Waals surface area contributed by atoms with Crippen LogP contribution >= 0.6 is 0 Å². The van der Waals surface area contributed by atoms with Gasteiger partial charge < -0.3 is 10.6 Å². The lowest BCUT2D eigenvalue weighted by Gasteiger charge is -2.23. The Labute approximate surface area is 160 Å². The highest BCUT2D eigenvalue weighted by Gasteiger charge is 2.49. The van der Waals surface area contributed by atoms with Crippen molar-refractivity contribution in [3.63, 3.8) is 0 Å². The highest BCUT2D eigenvalue weighted by Crippen LogP contribution is 2.29. The summed E-state index contributed by atoms with van der Waals surface area (Å²) in [6.07, 6.45) is 7.82. The fourth-order valence-electron chi connectivity index (χ4n) is 3.94. The molecule has 1 saturated heterocycles. The first-order valence-electron chi connectivity index (χ1n) is 9.91. The summed E-state index contributed by atoms with van der Waals surface area (Å²) < 4.78 is 0. The van der Waals surface area contributed by atoms with Crippen LogP contribution in [0.5, 0.6) is 0 Å². The Morgan fingerprint density at radius 1 is 1.11 bits per heavy atom. The number of nitrogens with zero attached hydrogens (tertiary/aromatic N) is 1. The number of urea groups is 1. The Morgan fingerprint density at radius 3 is 2.33 bits per heavy atom. The zero-order valence-electron chi connectivity index (χ0n) is 16.2. The normalized spacial score (nSPS) is 24.3. The predicted octanol–water partition coefficient (Wildman–Crippen LogP) is 2.99. The summed E-state index contributed by atoms with van der Waals surface area (Å²) in [5, 5.41) is 5.77. The topological polar surface area (TPSA) is 78.5 Å². The molecule has 1 atom stereocenters. The molecule has 6 heteroatoms. The fourth-order valence-corrected chi connectivity index (χ4v) is 3.94. The number of benzene rings is 1. The molecule has 1 aromatic rings. The van der Waals surface area contributed by atoms with Crippen LogP contribution in [0.2, 0.25) is 0 Å². The standard InChI is InChI=1S/C21H29N3O3/c1-15-10-12-16(13-11-15)21(2)19(26)24(20(27)23-21)14-18(25)22-17-8-6-4-3-5-7-9-17/h10-13,17H,3-9,14H2,1-2H3,(H,22,25)(H,23,27)/t21-/m1/s1. The Bertz CT molecular complexity index is 708. The number of carbonyl (C=O) groups excluding carboxylic acids is 3. The molecule has 0 aromatic heterocycles. The molecule has 0 unspecified atom stereocenters. The van der Waals surface area contributed by atoms with E-state index in [2.05, 4.69) is 10.6 Å². The third kappa shape index (κ3) is 4.31. The summed E-state index contributed by atoms with van der Waals surface area (Å²) in [5.41, 5.74) is 0.662. The Hall–Kier alpha value is -2.37. The molecule has 0 spiro atoms. The van der Waals surface area contributed by atoms with E-state index >= 15 is 0 Å². The van der Waals surface area contributed by atoms with Gasteiger partial charge in [0.05, 0.1) is 0 Å². The number of amides is 4. The van der Waals surface area contributed by atoms with Crippen LogP contribution in [0.1, 0.15) is 63.0 Å². The van der Waals surface area contributed by atoms with Crippen molar-refractivity contribution in [2.75, 3.05) is 6.54 Å². The van der Waals surface area contributed by atoms with Crippen LogP contribution in [0.15, 0.2) is 24.3 Å².